The number of carbonyl (C=O) groups excluding carboxylic acids is 2. The summed E-state index contributed by atoms with van der Waals surface area (Å²) in [4.78, 5) is 28.7. The average molecular weight is 487 g/mol. The van der Waals surface area contributed by atoms with Gasteiger partial charge in [0.2, 0.25) is 15.9 Å². The number of hydrogen-bond acceptors (Lipinski definition) is 7. The molecule has 0 spiro atoms. The van der Waals surface area contributed by atoms with Crippen molar-refractivity contribution in [3.8, 4) is 5.88 Å². The summed E-state index contributed by atoms with van der Waals surface area (Å²) in [5, 5.41) is 5.35. The molecule has 3 fully saturated rings. The molecule has 3 amide bonds. The Balaban J connectivity index is 1.40. The molecule has 3 aliphatic rings. The molecular formula is C20H27ClN4O6S. The summed E-state index contributed by atoms with van der Waals surface area (Å²) in [6.45, 7) is 1.67. The number of nitrogens with one attached hydrogen (secondary N) is 2. The topological polar surface area (TPSA) is 127 Å². The fourth-order valence-electron chi connectivity index (χ4n) is 4.51. The highest BCUT2D eigenvalue weighted by molar-refractivity contribution is 7.89. The molecule has 4 heterocycles. The Hall–Kier alpha value is -1.95. The molecule has 1 aromatic rings. The minimum absolute atomic E-state index is 0.106. The minimum atomic E-state index is -3.80. The van der Waals surface area contributed by atoms with Crippen molar-refractivity contribution in [1.29, 1.82) is 0 Å². The van der Waals surface area contributed by atoms with Crippen LogP contribution in [0.5, 0.6) is 5.88 Å². The number of aromatic nitrogens is 1. The van der Waals surface area contributed by atoms with Crippen molar-refractivity contribution < 1.29 is 27.5 Å². The monoisotopic (exact) mass is 486 g/mol. The van der Waals surface area contributed by atoms with E-state index in [0.717, 1.165) is 12.8 Å². The predicted molar refractivity (Wildman–Crippen MR) is 116 cm³/mol. The van der Waals surface area contributed by atoms with Crippen molar-refractivity contribution in [2.24, 2.45) is 5.92 Å². The lowest BCUT2D eigenvalue weighted by molar-refractivity contribution is -0.124. The Morgan fingerprint density at radius 3 is 2.50 bits per heavy atom. The number of amides is 3. The Morgan fingerprint density at radius 2 is 1.91 bits per heavy atom. The highest BCUT2D eigenvalue weighted by atomic mass is 35.5. The standard InChI is InChI=1S/C20H27ClN4O6S/c21-15-1-2-17(22-12-15)31-16-3-7-25(8-4-16)32(28,29)13-20(18(26)23-19(27)24-20)11-14-5-9-30-10-6-14/h1-2,12,14,16H,3-11,13H2,(H2,23,24,26,27). The van der Waals surface area contributed by atoms with Gasteiger partial charge in [-0.2, -0.15) is 0 Å². The first-order valence-corrected chi connectivity index (χ1v) is 12.7. The molecule has 176 valence electrons. The lowest BCUT2D eigenvalue weighted by Crippen LogP contribution is -2.56. The molecule has 1 unspecified atom stereocenters. The van der Waals surface area contributed by atoms with Gasteiger partial charge in [-0.25, -0.2) is 22.5 Å². The number of imide groups is 1. The molecular weight excluding hydrogens is 460 g/mol. The molecule has 0 radical (unpaired) electrons. The highest BCUT2D eigenvalue weighted by Crippen LogP contribution is 2.30. The first kappa shape index (κ1) is 23.2. The molecule has 0 aliphatic carbocycles. The van der Waals surface area contributed by atoms with E-state index >= 15 is 0 Å². The summed E-state index contributed by atoms with van der Waals surface area (Å²) in [6, 6.07) is 2.70. The van der Waals surface area contributed by atoms with E-state index in [9.17, 15) is 18.0 Å². The van der Waals surface area contributed by atoms with E-state index in [-0.39, 0.29) is 31.5 Å². The summed E-state index contributed by atoms with van der Waals surface area (Å²) < 4.78 is 39.1. The summed E-state index contributed by atoms with van der Waals surface area (Å²) in [5.41, 5.74) is -1.46. The van der Waals surface area contributed by atoms with Gasteiger partial charge < -0.3 is 14.8 Å². The van der Waals surface area contributed by atoms with Gasteiger partial charge >= 0.3 is 6.03 Å². The molecule has 1 aromatic heterocycles. The zero-order chi connectivity index (χ0) is 22.8. The van der Waals surface area contributed by atoms with Crippen LogP contribution in [0.15, 0.2) is 18.3 Å². The second kappa shape index (κ2) is 9.50. The van der Waals surface area contributed by atoms with Crippen LogP contribution in [0.25, 0.3) is 0 Å². The summed E-state index contributed by atoms with van der Waals surface area (Å²) in [6.07, 6.45) is 4.05. The quantitative estimate of drug-likeness (QED) is 0.556. The number of halogens is 1. The van der Waals surface area contributed by atoms with E-state index in [4.69, 9.17) is 21.1 Å². The number of hydrogen-bond donors (Lipinski definition) is 2. The van der Waals surface area contributed by atoms with Crippen molar-refractivity contribution in [2.45, 2.75) is 43.7 Å². The molecule has 0 saturated carbocycles. The van der Waals surface area contributed by atoms with E-state index in [2.05, 4.69) is 15.6 Å². The third kappa shape index (κ3) is 5.33. The van der Waals surface area contributed by atoms with E-state index in [0.29, 0.717) is 37.0 Å². The Bertz CT molecular complexity index is 945. The van der Waals surface area contributed by atoms with Crippen LogP contribution in [0.3, 0.4) is 0 Å². The molecule has 4 rings (SSSR count). The number of sulfonamides is 1. The number of urea groups is 1. The molecule has 0 aromatic carbocycles. The minimum Gasteiger partial charge on any atom is -0.474 e. The number of carbonyl (C=O) groups is 2. The van der Waals surface area contributed by atoms with Crippen LogP contribution in [0, 0.1) is 5.92 Å². The highest BCUT2D eigenvalue weighted by Gasteiger charge is 2.51. The SMILES string of the molecule is O=C1NC(=O)C(CC2CCOCC2)(CS(=O)(=O)N2CCC(Oc3ccc(Cl)cn3)CC2)N1. The van der Waals surface area contributed by atoms with Crippen molar-refractivity contribution >= 4 is 33.6 Å². The van der Waals surface area contributed by atoms with Gasteiger partial charge in [-0.3, -0.25) is 10.1 Å². The van der Waals surface area contributed by atoms with E-state index < -0.39 is 33.3 Å². The lowest BCUT2D eigenvalue weighted by atomic mass is 9.84. The van der Waals surface area contributed by atoms with Crippen LogP contribution < -0.4 is 15.4 Å². The summed E-state index contributed by atoms with van der Waals surface area (Å²) >= 11 is 5.83. The normalized spacial score (nSPS) is 26.0. The largest absolute Gasteiger partial charge is 0.474 e. The zero-order valence-corrected chi connectivity index (χ0v) is 19.2. The first-order valence-electron chi connectivity index (χ1n) is 10.7. The maximum atomic E-state index is 13.2. The van der Waals surface area contributed by atoms with Crippen LogP contribution in [0.1, 0.15) is 32.1 Å². The van der Waals surface area contributed by atoms with Crippen LogP contribution in [-0.2, 0) is 19.6 Å². The number of pyridine rings is 1. The molecule has 10 nitrogen and oxygen atoms in total. The van der Waals surface area contributed by atoms with Gasteiger partial charge in [0.15, 0.2) is 0 Å². The van der Waals surface area contributed by atoms with Gasteiger partial charge in [-0.1, -0.05) is 11.6 Å². The van der Waals surface area contributed by atoms with E-state index in [1.807, 2.05) is 0 Å². The number of piperidine rings is 1. The fraction of sp³-hybridized carbons (Fsp3) is 0.650. The summed E-state index contributed by atoms with van der Waals surface area (Å²) in [7, 11) is -3.80. The molecule has 3 saturated heterocycles. The third-order valence-electron chi connectivity index (χ3n) is 6.20. The molecule has 32 heavy (non-hydrogen) atoms. The summed E-state index contributed by atoms with van der Waals surface area (Å²) in [5.74, 6) is -0.491. The molecule has 12 heteroatoms. The molecule has 3 aliphatic heterocycles. The second-order valence-electron chi connectivity index (χ2n) is 8.54. The van der Waals surface area contributed by atoms with Gasteiger partial charge in [0.05, 0.1) is 10.8 Å². The Kier molecular flexibility index (Phi) is 6.89. The van der Waals surface area contributed by atoms with Crippen LogP contribution in [-0.4, -0.2) is 73.3 Å². The zero-order valence-electron chi connectivity index (χ0n) is 17.6. The van der Waals surface area contributed by atoms with Crippen molar-refractivity contribution in [3.05, 3.63) is 23.4 Å². The van der Waals surface area contributed by atoms with Crippen LogP contribution in [0.2, 0.25) is 5.02 Å². The first-order chi connectivity index (χ1) is 15.3. The van der Waals surface area contributed by atoms with Crippen LogP contribution >= 0.6 is 11.6 Å². The van der Waals surface area contributed by atoms with Crippen molar-refractivity contribution in [3.63, 3.8) is 0 Å². The number of nitrogens with zero attached hydrogens (tertiary/aromatic N) is 2. The van der Waals surface area contributed by atoms with E-state index in [1.54, 1.807) is 12.1 Å². The smallest absolute Gasteiger partial charge is 0.322 e. The number of ether oxygens (including phenoxy) is 2. The Morgan fingerprint density at radius 1 is 1.19 bits per heavy atom. The Labute approximate surface area is 192 Å². The van der Waals surface area contributed by atoms with Crippen LogP contribution in [0.4, 0.5) is 4.79 Å². The fourth-order valence-corrected chi connectivity index (χ4v) is 6.51. The maximum Gasteiger partial charge on any atom is 0.322 e. The van der Waals surface area contributed by atoms with Crippen molar-refractivity contribution in [1.82, 2.24) is 19.9 Å². The van der Waals surface area contributed by atoms with Gasteiger partial charge in [0.25, 0.3) is 5.91 Å². The second-order valence-corrected chi connectivity index (χ2v) is 10.9. The van der Waals surface area contributed by atoms with E-state index in [1.165, 1.54) is 10.5 Å². The predicted octanol–water partition coefficient (Wildman–Crippen LogP) is 1.30. The molecule has 1 atom stereocenters. The lowest BCUT2D eigenvalue weighted by Gasteiger charge is -2.36. The average Bonchev–Trinajstić information content (AvgIpc) is 3.02. The molecule has 2 N–H and O–H groups in total. The van der Waals surface area contributed by atoms with Gasteiger partial charge in [-0.15, -0.1) is 0 Å². The van der Waals surface area contributed by atoms with Gasteiger partial charge in [0, 0.05) is 38.6 Å². The maximum absolute atomic E-state index is 13.2. The van der Waals surface area contributed by atoms with Gasteiger partial charge in [-0.05, 0) is 44.1 Å². The molecule has 0 bridgehead atoms. The van der Waals surface area contributed by atoms with Gasteiger partial charge in [0.1, 0.15) is 11.6 Å². The third-order valence-corrected chi connectivity index (χ3v) is 8.44. The van der Waals surface area contributed by atoms with Crippen molar-refractivity contribution in [2.75, 3.05) is 32.1 Å². The number of rotatable bonds is 7.